The summed E-state index contributed by atoms with van der Waals surface area (Å²) in [6, 6.07) is 4.69. The molecule has 0 aliphatic carbocycles. The molecule has 2 rings (SSSR count). The van der Waals surface area contributed by atoms with Crippen LogP contribution < -0.4 is 5.32 Å². The van der Waals surface area contributed by atoms with Crippen LogP contribution in [-0.4, -0.2) is 30.4 Å². The van der Waals surface area contributed by atoms with Gasteiger partial charge in [0, 0.05) is 19.3 Å². The van der Waals surface area contributed by atoms with Crippen molar-refractivity contribution in [1.29, 1.82) is 0 Å². The number of halogens is 3. The number of nitrogens with zero attached hydrogens (tertiary/aromatic N) is 1. The Morgan fingerprint density at radius 1 is 1.24 bits per heavy atom. The Hall–Kier alpha value is -2.24. The SMILES string of the molecule is CNC(=O)[C@@H](N1CC=CC=C1c1cccc(C(F)(F)F)c1)C(C)(C)C. The molecule has 0 saturated heterocycles. The van der Waals surface area contributed by atoms with Crippen LogP contribution in [-0.2, 0) is 11.0 Å². The first-order chi connectivity index (χ1) is 11.6. The fourth-order valence-electron chi connectivity index (χ4n) is 3.03. The molecule has 0 saturated carbocycles. The average Bonchev–Trinajstić information content (AvgIpc) is 2.53. The lowest BCUT2D eigenvalue weighted by atomic mass is 9.83. The maximum absolute atomic E-state index is 13.1. The number of likely N-dealkylation sites (N-methyl/N-ethyl adjacent to an activating group) is 1. The largest absolute Gasteiger partial charge is 0.416 e. The molecule has 1 aromatic carbocycles. The quantitative estimate of drug-likeness (QED) is 0.889. The monoisotopic (exact) mass is 352 g/mol. The summed E-state index contributed by atoms with van der Waals surface area (Å²) in [6.45, 7) is 6.27. The zero-order valence-electron chi connectivity index (χ0n) is 14.8. The Balaban J connectivity index is 2.50. The van der Waals surface area contributed by atoms with E-state index in [0.717, 1.165) is 12.1 Å². The molecule has 1 aromatic rings. The van der Waals surface area contributed by atoms with Gasteiger partial charge in [0.1, 0.15) is 6.04 Å². The molecule has 0 fully saturated rings. The first-order valence-corrected chi connectivity index (χ1v) is 8.08. The number of allylic oxidation sites excluding steroid dienone is 2. The average molecular weight is 352 g/mol. The fourth-order valence-corrected chi connectivity index (χ4v) is 3.03. The number of alkyl halides is 3. The van der Waals surface area contributed by atoms with Gasteiger partial charge in [-0.2, -0.15) is 13.2 Å². The lowest BCUT2D eigenvalue weighted by Gasteiger charge is -2.42. The predicted octanol–water partition coefficient (Wildman–Crippen LogP) is 4.08. The van der Waals surface area contributed by atoms with Crippen molar-refractivity contribution < 1.29 is 18.0 Å². The predicted molar refractivity (Wildman–Crippen MR) is 92.6 cm³/mol. The summed E-state index contributed by atoms with van der Waals surface area (Å²) in [4.78, 5) is 14.3. The summed E-state index contributed by atoms with van der Waals surface area (Å²) in [5.74, 6) is -0.166. The molecule has 1 atom stereocenters. The molecule has 1 aliphatic heterocycles. The van der Waals surface area contributed by atoms with Crippen LogP contribution >= 0.6 is 0 Å². The molecule has 0 bridgehead atoms. The Morgan fingerprint density at radius 3 is 2.48 bits per heavy atom. The Kier molecular flexibility index (Phi) is 5.30. The number of carbonyl (C=O) groups excluding carboxylic acids is 1. The number of hydrogen-bond acceptors (Lipinski definition) is 2. The maximum Gasteiger partial charge on any atom is 0.416 e. The maximum atomic E-state index is 13.1. The van der Waals surface area contributed by atoms with Crippen LogP contribution in [0.5, 0.6) is 0 Å². The van der Waals surface area contributed by atoms with Gasteiger partial charge < -0.3 is 10.2 Å². The molecule has 0 unspecified atom stereocenters. The highest BCUT2D eigenvalue weighted by Crippen LogP contribution is 2.35. The Bertz CT molecular complexity index is 699. The van der Waals surface area contributed by atoms with E-state index in [-0.39, 0.29) is 5.91 Å². The first-order valence-electron chi connectivity index (χ1n) is 8.08. The van der Waals surface area contributed by atoms with E-state index in [1.165, 1.54) is 6.07 Å². The highest BCUT2D eigenvalue weighted by Gasteiger charge is 2.38. The molecule has 0 radical (unpaired) electrons. The number of carbonyl (C=O) groups is 1. The second-order valence-electron chi connectivity index (χ2n) is 7.09. The summed E-state index contributed by atoms with van der Waals surface area (Å²) in [5.41, 5.74) is -0.0477. The van der Waals surface area contributed by atoms with E-state index in [4.69, 9.17) is 0 Å². The number of hydrogen-bond donors (Lipinski definition) is 1. The van der Waals surface area contributed by atoms with Crippen molar-refractivity contribution in [2.45, 2.75) is 33.0 Å². The van der Waals surface area contributed by atoms with E-state index in [9.17, 15) is 18.0 Å². The molecule has 3 nitrogen and oxygen atoms in total. The molecule has 6 heteroatoms. The Labute approximate surface area is 146 Å². The highest BCUT2D eigenvalue weighted by atomic mass is 19.4. The molecule has 1 N–H and O–H groups in total. The zero-order chi connectivity index (χ0) is 18.8. The number of nitrogens with one attached hydrogen (secondary N) is 1. The van der Waals surface area contributed by atoms with Crippen molar-refractivity contribution in [3.05, 3.63) is 53.6 Å². The summed E-state index contributed by atoms with van der Waals surface area (Å²) in [5, 5.41) is 2.66. The van der Waals surface area contributed by atoms with Crippen molar-refractivity contribution in [3.63, 3.8) is 0 Å². The molecular formula is C19H23F3N2O. The van der Waals surface area contributed by atoms with Gasteiger partial charge in [0.05, 0.1) is 5.56 Å². The lowest BCUT2D eigenvalue weighted by molar-refractivity contribution is -0.137. The van der Waals surface area contributed by atoms with Crippen LogP contribution in [0.4, 0.5) is 13.2 Å². The van der Waals surface area contributed by atoms with Gasteiger partial charge in [0.25, 0.3) is 0 Å². The van der Waals surface area contributed by atoms with Crippen molar-refractivity contribution in [1.82, 2.24) is 10.2 Å². The van der Waals surface area contributed by atoms with Gasteiger partial charge in [0.2, 0.25) is 5.91 Å². The molecule has 136 valence electrons. The molecule has 0 spiro atoms. The second kappa shape index (κ2) is 6.94. The normalized spacial score (nSPS) is 16.4. The van der Waals surface area contributed by atoms with Crippen LogP contribution in [0.15, 0.2) is 42.5 Å². The third kappa shape index (κ3) is 4.24. The van der Waals surface area contributed by atoms with Crippen molar-refractivity contribution in [2.75, 3.05) is 13.6 Å². The number of benzene rings is 1. The van der Waals surface area contributed by atoms with E-state index in [2.05, 4.69) is 5.32 Å². The topological polar surface area (TPSA) is 32.3 Å². The van der Waals surface area contributed by atoms with Gasteiger partial charge in [-0.05, 0) is 29.2 Å². The van der Waals surface area contributed by atoms with Gasteiger partial charge in [-0.3, -0.25) is 4.79 Å². The first kappa shape index (κ1) is 19.1. The standard InChI is InChI=1S/C19H23F3N2O/c1-18(2,3)16(17(25)23-4)24-11-6-5-10-15(24)13-8-7-9-14(12-13)19(20,21)22/h5-10,12,16H,11H2,1-4H3,(H,23,25)/t16-/m1/s1. The summed E-state index contributed by atoms with van der Waals surface area (Å²) >= 11 is 0. The molecule has 1 heterocycles. The third-order valence-electron chi connectivity index (χ3n) is 4.11. The van der Waals surface area contributed by atoms with Crippen LogP contribution in [0.2, 0.25) is 0 Å². The molecule has 1 aliphatic rings. The van der Waals surface area contributed by atoms with Gasteiger partial charge in [-0.25, -0.2) is 0 Å². The van der Waals surface area contributed by atoms with Gasteiger partial charge in [-0.15, -0.1) is 0 Å². The number of amides is 1. The second-order valence-corrected chi connectivity index (χ2v) is 7.09. The summed E-state index contributed by atoms with van der Waals surface area (Å²) in [7, 11) is 1.56. The fraction of sp³-hybridized carbons (Fsp3) is 0.421. The highest BCUT2D eigenvalue weighted by molar-refractivity contribution is 5.85. The Morgan fingerprint density at radius 2 is 1.92 bits per heavy atom. The van der Waals surface area contributed by atoms with Crippen LogP contribution in [0, 0.1) is 5.41 Å². The van der Waals surface area contributed by atoms with Gasteiger partial charge >= 0.3 is 6.18 Å². The lowest BCUT2D eigenvalue weighted by Crippen LogP contribution is -2.52. The minimum Gasteiger partial charge on any atom is -0.357 e. The van der Waals surface area contributed by atoms with Crippen LogP contribution in [0.1, 0.15) is 31.9 Å². The molecule has 1 amide bonds. The minimum atomic E-state index is -4.41. The molecule has 25 heavy (non-hydrogen) atoms. The summed E-state index contributed by atoms with van der Waals surface area (Å²) < 4.78 is 39.2. The third-order valence-corrected chi connectivity index (χ3v) is 4.11. The number of rotatable bonds is 3. The van der Waals surface area contributed by atoms with Crippen LogP contribution in [0.3, 0.4) is 0 Å². The summed E-state index contributed by atoms with van der Waals surface area (Å²) in [6.07, 6.45) is 1.03. The van der Waals surface area contributed by atoms with Gasteiger partial charge in [-0.1, -0.05) is 45.1 Å². The van der Waals surface area contributed by atoms with Crippen molar-refractivity contribution in [2.24, 2.45) is 5.41 Å². The van der Waals surface area contributed by atoms with Crippen molar-refractivity contribution >= 4 is 11.6 Å². The minimum absolute atomic E-state index is 0.166. The molecule has 0 aromatic heterocycles. The van der Waals surface area contributed by atoms with Gasteiger partial charge in [0.15, 0.2) is 0 Å². The van der Waals surface area contributed by atoms with E-state index in [1.54, 1.807) is 25.3 Å². The van der Waals surface area contributed by atoms with Crippen LogP contribution in [0.25, 0.3) is 5.70 Å². The molecular weight excluding hydrogens is 329 g/mol. The van der Waals surface area contributed by atoms with E-state index in [1.807, 2.05) is 31.7 Å². The smallest absolute Gasteiger partial charge is 0.357 e. The van der Waals surface area contributed by atoms with Crippen molar-refractivity contribution in [3.8, 4) is 0 Å². The zero-order valence-corrected chi connectivity index (χ0v) is 14.8. The van der Waals surface area contributed by atoms with E-state index < -0.39 is 23.2 Å². The van der Waals surface area contributed by atoms with E-state index in [0.29, 0.717) is 17.8 Å². The van der Waals surface area contributed by atoms with E-state index >= 15 is 0 Å².